The smallest absolute Gasteiger partial charge is 0.240 e. The summed E-state index contributed by atoms with van der Waals surface area (Å²) < 4.78 is 27.7. The van der Waals surface area contributed by atoms with E-state index in [1.165, 1.54) is 12.1 Å². The van der Waals surface area contributed by atoms with Crippen molar-refractivity contribution in [3.8, 4) is 0 Å². The lowest BCUT2D eigenvalue weighted by Gasteiger charge is -2.07. The van der Waals surface area contributed by atoms with E-state index in [4.69, 9.17) is 5.11 Å². The number of hydrogen-bond donors (Lipinski definition) is 2. The molecule has 2 aromatic rings. The first-order chi connectivity index (χ1) is 9.51. The first-order valence-electron chi connectivity index (χ1n) is 5.95. The van der Waals surface area contributed by atoms with Crippen LogP contribution < -0.4 is 4.72 Å². The Balaban J connectivity index is 2.08. The number of nitrogens with one attached hydrogen (secondary N) is 1. The molecule has 0 bridgehead atoms. The standard InChI is InChI=1S/C14H14BrNO3S/c15-13-5-1-11(2-6-13)9-16-20(18,19)14-7-3-12(10-17)4-8-14/h1-8,16-17H,9-10H2. The maximum atomic E-state index is 12.1. The van der Waals surface area contributed by atoms with Crippen molar-refractivity contribution in [1.82, 2.24) is 4.72 Å². The summed E-state index contributed by atoms with van der Waals surface area (Å²) in [6.07, 6.45) is 0. The molecule has 2 aromatic carbocycles. The molecule has 0 aliphatic rings. The molecule has 0 saturated heterocycles. The van der Waals surface area contributed by atoms with E-state index in [1.54, 1.807) is 12.1 Å². The van der Waals surface area contributed by atoms with Crippen LogP contribution in [0.3, 0.4) is 0 Å². The van der Waals surface area contributed by atoms with E-state index in [0.29, 0.717) is 5.56 Å². The van der Waals surface area contributed by atoms with Gasteiger partial charge in [-0.15, -0.1) is 0 Å². The zero-order chi connectivity index (χ0) is 14.6. The molecule has 0 heterocycles. The molecular weight excluding hydrogens is 342 g/mol. The van der Waals surface area contributed by atoms with Gasteiger partial charge in [-0.3, -0.25) is 0 Å². The van der Waals surface area contributed by atoms with Crippen molar-refractivity contribution in [2.24, 2.45) is 0 Å². The quantitative estimate of drug-likeness (QED) is 0.865. The molecule has 4 nitrogen and oxygen atoms in total. The van der Waals surface area contributed by atoms with Crippen molar-refractivity contribution in [2.45, 2.75) is 18.0 Å². The van der Waals surface area contributed by atoms with Crippen molar-refractivity contribution in [3.05, 3.63) is 64.1 Å². The molecule has 20 heavy (non-hydrogen) atoms. The maximum absolute atomic E-state index is 12.1. The van der Waals surface area contributed by atoms with Gasteiger partial charge in [0.15, 0.2) is 0 Å². The molecule has 0 amide bonds. The van der Waals surface area contributed by atoms with E-state index in [1.807, 2.05) is 24.3 Å². The summed E-state index contributed by atoms with van der Waals surface area (Å²) in [5, 5.41) is 8.94. The molecule has 2 rings (SSSR count). The van der Waals surface area contributed by atoms with Gasteiger partial charge in [0, 0.05) is 11.0 Å². The third-order valence-electron chi connectivity index (χ3n) is 2.80. The number of rotatable bonds is 5. The summed E-state index contributed by atoms with van der Waals surface area (Å²) >= 11 is 3.33. The molecule has 0 aromatic heterocycles. The molecule has 0 spiro atoms. The predicted octanol–water partition coefficient (Wildman–Crippen LogP) is 2.42. The van der Waals surface area contributed by atoms with Gasteiger partial charge in [0.05, 0.1) is 11.5 Å². The number of benzene rings is 2. The Morgan fingerprint density at radius 2 is 1.50 bits per heavy atom. The molecule has 6 heteroatoms. The van der Waals surface area contributed by atoms with Gasteiger partial charge in [-0.2, -0.15) is 0 Å². The Morgan fingerprint density at radius 3 is 2.05 bits per heavy atom. The molecule has 2 N–H and O–H groups in total. The SMILES string of the molecule is O=S(=O)(NCc1ccc(Br)cc1)c1ccc(CO)cc1. The van der Waals surface area contributed by atoms with Crippen molar-refractivity contribution in [2.75, 3.05) is 0 Å². The van der Waals surface area contributed by atoms with Crippen molar-refractivity contribution >= 4 is 26.0 Å². The number of aliphatic hydroxyl groups is 1. The number of aliphatic hydroxyl groups excluding tert-OH is 1. The van der Waals surface area contributed by atoms with Gasteiger partial charge < -0.3 is 5.11 Å². The zero-order valence-corrected chi connectivity index (χ0v) is 13.0. The molecule has 0 fully saturated rings. The zero-order valence-electron chi connectivity index (χ0n) is 10.6. The van der Waals surface area contributed by atoms with Crippen LogP contribution in [0.25, 0.3) is 0 Å². The molecule has 0 aliphatic heterocycles. The highest BCUT2D eigenvalue weighted by atomic mass is 79.9. The highest BCUT2D eigenvalue weighted by Crippen LogP contribution is 2.13. The average molecular weight is 356 g/mol. The van der Waals surface area contributed by atoms with Crippen LogP contribution in [0, 0.1) is 0 Å². The van der Waals surface area contributed by atoms with E-state index < -0.39 is 10.0 Å². The topological polar surface area (TPSA) is 66.4 Å². The largest absolute Gasteiger partial charge is 0.392 e. The van der Waals surface area contributed by atoms with Crippen molar-refractivity contribution in [1.29, 1.82) is 0 Å². The van der Waals surface area contributed by atoms with E-state index in [0.717, 1.165) is 10.0 Å². The van der Waals surface area contributed by atoms with Crippen LogP contribution in [0.5, 0.6) is 0 Å². The Hall–Kier alpha value is -1.21. The van der Waals surface area contributed by atoms with Crippen LogP contribution in [0.1, 0.15) is 11.1 Å². The van der Waals surface area contributed by atoms with Gasteiger partial charge in [0.25, 0.3) is 0 Å². The Morgan fingerprint density at radius 1 is 0.950 bits per heavy atom. The normalized spacial score (nSPS) is 11.5. The third kappa shape index (κ3) is 3.89. The van der Waals surface area contributed by atoms with Gasteiger partial charge in [0.1, 0.15) is 0 Å². The second kappa shape index (κ2) is 6.49. The fourth-order valence-corrected chi connectivity index (χ4v) is 2.92. The van der Waals surface area contributed by atoms with Crippen LogP contribution in [0.15, 0.2) is 57.9 Å². The fourth-order valence-electron chi connectivity index (χ4n) is 1.64. The number of hydrogen-bond acceptors (Lipinski definition) is 3. The minimum atomic E-state index is -3.54. The Kier molecular flexibility index (Phi) is 4.93. The third-order valence-corrected chi connectivity index (χ3v) is 4.74. The number of halogens is 1. The fraction of sp³-hybridized carbons (Fsp3) is 0.143. The van der Waals surface area contributed by atoms with E-state index in [-0.39, 0.29) is 18.0 Å². The number of sulfonamides is 1. The Labute approximate surface area is 126 Å². The second-order valence-electron chi connectivity index (χ2n) is 4.25. The van der Waals surface area contributed by atoms with Gasteiger partial charge in [-0.1, -0.05) is 40.2 Å². The van der Waals surface area contributed by atoms with Gasteiger partial charge >= 0.3 is 0 Å². The lowest BCUT2D eigenvalue weighted by Crippen LogP contribution is -2.23. The highest BCUT2D eigenvalue weighted by molar-refractivity contribution is 9.10. The maximum Gasteiger partial charge on any atom is 0.240 e. The minimum absolute atomic E-state index is 0.105. The molecule has 0 aliphatic carbocycles. The monoisotopic (exact) mass is 355 g/mol. The summed E-state index contributed by atoms with van der Waals surface area (Å²) in [4.78, 5) is 0.187. The lowest BCUT2D eigenvalue weighted by molar-refractivity contribution is 0.282. The van der Waals surface area contributed by atoms with E-state index in [9.17, 15) is 8.42 Å². The first-order valence-corrected chi connectivity index (χ1v) is 8.23. The average Bonchev–Trinajstić information content (AvgIpc) is 2.47. The van der Waals surface area contributed by atoms with E-state index >= 15 is 0 Å². The van der Waals surface area contributed by atoms with E-state index in [2.05, 4.69) is 20.7 Å². The first kappa shape index (κ1) is 15.2. The molecule has 0 atom stereocenters. The molecule has 0 saturated carbocycles. The van der Waals surface area contributed by atoms with Crippen LogP contribution in [0.2, 0.25) is 0 Å². The predicted molar refractivity (Wildman–Crippen MR) is 80.5 cm³/mol. The lowest BCUT2D eigenvalue weighted by atomic mass is 10.2. The summed E-state index contributed by atoms with van der Waals surface area (Å²) in [6, 6.07) is 13.6. The molecule has 0 unspecified atom stereocenters. The summed E-state index contributed by atoms with van der Waals surface area (Å²) in [5.74, 6) is 0. The van der Waals surface area contributed by atoms with Gasteiger partial charge in [0.2, 0.25) is 10.0 Å². The Bertz CT molecular complexity index is 667. The van der Waals surface area contributed by atoms with Gasteiger partial charge in [-0.25, -0.2) is 13.1 Å². The van der Waals surface area contributed by atoms with Crippen LogP contribution in [0.4, 0.5) is 0 Å². The van der Waals surface area contributed by atoms with Crippen LogP contribution >= 0.6 is 15.9 Å². The molecule has 106 valence electrons. The van der Waals surface area contributed by atoms with Crippen molar-refractivity contribution < 1.29 is 13.5 Å². The summed E-state index contributed by atoms with van der Waals surface area (Å²) in [7, 11) is -3.54. The van der Waals surface area contributed by atoms with Crippen molar-refractivity contribution in [3.63, 3.8) is 0 Å². The summed E-state index contributed by atoms with van der Waals surface area (Å²) in [5.41, 5.74) is 1.56. The van der Waals surface area contributed by atoms with Gasteiger partial charge in [-0.05, 0) is 35.4 Å². The second-order valence-corrected chi connectivity index (χ2v) is 6.94. The molecule has 0 radical (unpaired) electrons. The molecular formula is C14H14BrNO3S. The highest BCUT2D eigenvalue weighted by Gasteiger charge is 2.13. The minimum Gasteiger partial charge on any atom is -0.392 e. The summed E-state index contributed by atoms with van der Waals surface area (Å²) in [6.45, 7) is 0.129. The van der Waals surface area contributed by atoms with Crippen LogP contribution in [-0.4, -0.2) is 13.5 Å². The van der Waals surface area contributed by atoms with Crippen LogP contribution in [-0.2, 0) is 23.2 Å².